The SMILES string of the molecule is COc1ccc(CCNC(=O)CSc2nccc(C)n2)cc1OC. The normalized spacial score (nSPS) is 10.3. The standard InChI is InChI=1S/C17H21N3O3S/c1-12-6-8-19-17(20-12)24-11-16(21)18-9-7-13-4-5-14(22-2)15(10-13)23-3/h4-6,8,10H,7,9,11H2,1-3H3,(H,18,21). The molecule has 0 fully saturated rings. The number of aryl methyl sites for hydroxylation is 1. The van der Waals surface area contributed by atoms with E-state index < -0.39 is 0 Å². The maximum atomic E-state index is 11.9. The van der Waals surface area contributed by atoms with E-state index in [1.165, 1.54) is 11.8 Å². The number of hydrogen-bond acceptors (Lipinski definition) is 6. The Hall–Kier alpha value is -2.28. The third-order valence-corrected chi connectivity index (χ3v) is 4.15. The van der Waals surface area contributed by atoms with Gasteiger partial charge < -0.3 is 14.8 Å². The third-order valence-electron chi connectivity index (χ3n) is 3.29. The second kappa shape index (κ2) is 9.12. The summed E-state index contributed by atoms with van der Waals surface area (Å²) in [5, 5.41) is 3.51. The predicted octanol–water partition coefficient (Wildman–Crippen LogP) is 2.25. The van der Waals surface area contributed by atoms with E-state index in [1.807, 2.05) is 31.2 Å². The minimum Gasteiger partial charge on any atom is -0.493 e. The van der Waals surface area contributed by atoms with E-state index in [0.717, 1.165) is 17.7 Å². The van der Waals surface area contributed by atoms with Crippen molar-refractivity contribution in [3.05, 3.63) is 41.7 Å². The van der Waals surface area contributed by atoms with Crippen LogP contribution in [0.4, 0.5) is 0 Å². The van der Waals surface area contributed by atoms with E-state index in [0.29, 0.717) is 29.0 Å². The minimum atomic E-state index is -0.0365. The fourth-order valence-corrected chi connectivity index (χ4v) is 2.77. The van der Waals surface area contributed by atoms with Gasteiger partial charge in [0.1, 0.15) is 0 Å². The number of carbonyl (C=O) groups is 1. The Bertz CT molecular complexity index is 695. The highest BCUT2D eigenvalue weighted by Crippen LogP contribution is 2.27. The molecule has 0 aliphatic carbocycles. The van der Waals surface area contributed by atoms with Crippen molar-refractivity contribution in [2.75, 3.05) is 26.5 Å². The Balaban J connectivity index is 1.76. The zero-order valence-electron chi connectivity index (χ0n) is 14.0. The van der Waals surface area contributed by atoms with Crippen LogP contribution in [0.3, 0.4) is 0 Å². The van der Waals surface area contributed by atoms with Gasteiger partial charge in [-0.3, -0.25) is 4.79 Å². The van der Waals surface area contributed by atoms with Crippen LogP contribution in [0.15, 0.2) is 35.6 Å². The van der Waals surface area contributed by atoms with Crippen molar-refractivity contribution in [3.8, 4) is 11.5 Å². The van der Waals surface area contributed by atoms with Crippen molar-refractivity contribution >= 4 is 17.7 Å². The molecule has 128 valence electrons. The topological polar surface area (TPSA) is 73.3 Å². The molecule has 0 radical (unpaired) electrons. The molecule has 2 aromatic rings. The number of nitrogens with one attached hydrogen (secondary N) is 1. The van der Waals surface area contributed by atoms with Crippen molar-refractivity contribution in [2.24, 2.45) is 0 Å². The van der Waals surface area contributed by atoms with Crippen molar-refractivity contribution in [1.82, 2.24) is 15.3 Å². The van der Waals surface area contributed by atoms with Crippen LogP contribution in [-0.2, 0) is 11.2 Å². The molecule has 6 nitrogen and oxygen atoms in total. The van der Waals surface area contributed by atoms with E-state index >= 15 is 0 Å². The number of rotatable bonds is 8. The number of carbonyl (C=O) groups excluding carboxylic acids is 1. The molecule has 0 saturated heterocycles. The first-order valence-corrected chi connectivity index (χ1v) is 8.51. The quantitative estimate of drug-likeness (QED) is 0.583. The summed E-state index contributed by atoms with van der Waals surface area (Å²) < 4.78 is 10.5. The molecule has 1 heterocycles. The Morgan fingerprint density at radius 1 is 1.21 bits per heavy atom. The summed E-state index contributed by atoms with van der Waals surface area (Å²) in [6.45, 7) is 2.46. The molecule has 0 aliphatic rings. The Morgan fingerprint density at radius 3 is 2.71 bits per heavy atom. The average molecular weight is 347 g/mol. The fraction of sp³-hybridized carbons (Fsp3) is 0.353. The summed E-state index contributed by atoms with van der Waals surface area (Å²) in [7, 11) is 3.21. The first-order chi connectivity index (χ1) is 11.6. The number of nitrogens with zero attached hydrogens (tertiary/aromatic N) is 2. The summed E-state index contributed by atoms with van der Waals surface area (Å²) in [5.41, 5.74) is 1.96. The predicted molar refractivity (Wildman–Crippen MR) is 93.8 cm³/mol. The number of ether oxygens (including phenoxy) is 2. The van der Waals surface area contributed by atoms with E-state index in [2.05, 4.69) is 15.3 Å². The highest BCUT2D eigenvalue weighted by atomic mass is 32.2. The number of thioether (sulfide) groups is 1. The lowest BCUT2D eigenvalue weighted by Crippen LogP contribution is -2.27. The zero-order chi connectivity index (χ0) is 17.4. The lowest BCUT2D eigenvalue weighted by atomic mass is 10.1. The second-order valence-electron chi connectivity index (χ2n) is 5.06. The van der Waals surface area contributed by atoms with Gasteiger partial charge in [-0.15, -0.1) is 0 Å². The summed E-state index contributed by atoms with van der Waals surface area (Å²) >= 11 is 1.33. The smallest absolute Gasteiger partial charge is 0.230 e. The first-order valence-electron chi connectivity index (χ1n) is 7.52. The van der Waals surface area contributed by atoms with Gasteiger partial charge in [0.05, 0.1) is 20.0 Å². The first kappa shape index (κ1) is 18.1. The van der Waals surface area contributed by atoms with Gasteiger partial charge in [0.2, 0.25) is 5.91 Å². The van der Waals surface area contributed by atoms with Gasteiger partial charge in [-0.1, -0.05) is 17.8 Å². The molecule has 7 heteroatoms. The summed E-state index contributed by atoms with van der Waals surface area (Å²) in [6.07, 6.45) is 2.41. The molecule has 0 bridgehead atoms. The molecular weight excluding hydrogens is 326 g/mol. The molecule has 2 rings (SSSR count). The molecule has 1 aromatic heterocycles. The van der Waals surface area contributed by atoms with Gasteiger partial charge in [0, 0.05) is 18.4 Å². The largest absolute Gasteiger partial charge is 0.493 e. The second-order valence-corrected chi connectivity index (χ2v) is 6.00. The van der Waals surface area contributed by atoms with Crippen molar-refractivity contribution < 1.29 is 14.3 Å². The Kier molecular flexibility index (Phi) is 6.87. The highest BCUT2D eigenvalue weighted by molar-refractivity contribution is 7.99. The van der Waals surface area contributed by atoms with Crippen molar-refractivity contribution in [1.29, 1.82) is 0 Å². The Labute approximate surface area is 146 Å². The fourth-order valence-electron chi connectivity index (χ4n) is 2.06. The summed E-state index contributed by atoms with van der Waals surface area (Å²) in [5.74, 6) is 1.65. The van der Waals surface area contributed by atoms with Crippen LogP contribution < -0.4 is 14.8 Å². The van der Waals surface area contributed by atoms with Gasteiger partial charge in [-0.25, -0.2) is 9.97 Å². The molecule has 1 amide bonds. The van der Waals surface area contributed by atoms with Crippen LogP contribution >= 0.6 is 11.8 Å². The van der Waals surface area contributed by atoms with E-state index in [1.54, 1.807) is 20.4 Å². The zero-order valence-corrected chi connectivity index (χ0v) is 14.9. The Morgan fingerprint density at radius 2 is 2.00 bits per heavy atom. The van der Waals surface area contributed by atoms with Crippen LogP contribution in [-0.4, -0.2) is 42.4 Å². The van der Waals surface area contributed by atoms with Crippen LogP contribution in [0.5, 0.6) is 11.5 Å². The molecule has 0 saturated carbocycles. The lowest BCUT2D eigenvalue weighted by Gasteiger charge is -2.10. The average Bonchev–Trinajstić information content (AvgIpc) is 2.60. The highest BCUT2D eigenvalue weighted by Gasteiger charge is 2.07. The van der Waals surface area contributed by atoms with Gasteiger partial charge in [-0.2, -0.15) is 0 Å². The van der Waals surface area contributed by atoms with Crippen molar-refractivity contribution in [3.63, 3.8) is 0 Å². The van der Waals surface area contributed by atoms with Gasteiger partial charge in [0.15, 0.2) is 16.7 Å². The molecular formula is C17H21N3O3S. The van der Waals surface area contributed by atoms with Crippen LogP contribution in [0.2, 0.25) is 0 Å². The molecule has 1 N–H and O–H groups in total. The van der Waals surface area contributed by atoms with E-state index in [4.69, 9.17) is 9.47 Å². The number of aromatic nitrogens is 2. The number of benzene rings is 1. The van der Waals surface area contributed by atoms with Gasteiger partial charge in [-0.05, 0) is 37.1 Å². The van der Waals surface area contributed by atoms with Gasteiger partial charge in [0.25, 0.3) is 0 Å². The lowest BCUT2D eigenvalue weighted by molar-refractivity contribution is -0.118. The monoisotopic (exact) mass is 347 g/mol. The molecule has 0 atom stereocenters. The molecule has 0 spiro atoms. The molecule has 0 aliphatic heterocycles. The van der Waals surface area contributed by atoms with E-state index in [9.17, 15) is 4.79 Å². The van der Waals surface area contributed by atoms with Crippen LogP contribution in [0.25, 0.3) is 0 Å². The minimum absolute atomic E-state index is 0.0365. The number of amides is 1. The maximum absolute atomic E-state index is 11.9. The number of methoxy groups -OCH3 is 2. The van der Waals surface area contributed by atoms with Crippen LogP contribution in [0.1, 0.15) is 11.3 Å². The molecule has 1 aromatic carbocycles. The summed E-state index contributed by atoms with van der Waals surface area (Å²) in [6, 6.07) is 7.57. The molecule has 24 heavy (non-hydrogen) atoms. The van der Waals surface area contributed by atoms with Crippen molar-refractivity contribution in [2.45, 2.75) is 18.5 Å². The summed E-state index contributed by atoms with van der Waals surface area (Å²) in [4.78, 5) is 20.3. The van der Waals surface area contributed by atoms with E-state index in [-0.39, 0.29) is 5.91 Å². The number of hydrogen-bond donors (Lipinski definition) is 1. The maximum Gasteiger partial charge on any atom is 0.230 e. The molecule has 0 unspecified atom stereocenters. The van der Waals surface area contributed by atoms with Crippen LogP contribution in [0, 0.1) is 6.92 Å². The third kappa shape index (κ3) is 5.42. The van der Waals surface area contributed by atoms with Gasteiger partial charge >= 0.3 is 0 Å².